The van der Waals surface area contributed by atoms with Crippen molar-refractivity contribution in [2.75, 3.05) is 23.8 Å². The van der Waals surface area contributed by atoms with Gasteiger partial charge in [0.05, 0.1) is 6.10 Å². The van der Waals surface area contributed by atoms with Gasteiger partial charge in [0.1, 0.15) is 5.82 Å². The third kappa shape index (κ3) is 2.83. The van der Waals surface area contributed by atoms with Crippen LogP contribution in [0.25, 0.3) is 0 Å². The molecule has 2 heterocycles. The maximum Gasteiger partial charge on any atom is 0.153 e. The fraction of sp³-hybridized carbons (Fsp3) is 0.444. The summed E-state index contributed by atoms with van der Waals surface area (Å²) in [6.07, 6.45) is 2.30. The van der Waals surface area contributed by atoms with Crippen molar-refractivity contribution in [1.82, 2.24) is 10.2 Å². The standard InChI is InChI=1S/C18H22N4O2/c23-15-12-14(18(15)8-10-24-11-9-18)20-17-7-6-16(21-22-17)19-13-4-2-1-3-5-13/h1-7,14-15,23H,8-12H2,(H,19,21)(H,20,22)/t14-,15-/m1/s1. The summed E-state index contributed by atoms with van der Waals surface area (Å²) in [5.41, 5.74) is 0.914. The second-order valence-corrected chi connectivity index (χ2v) is 6.59. The van der Waals surface area contributed by atoms with E-state index in [0.29, 0.717) is 5.82 Å². The molecular formula is C18H22N4O2. The van der Waals surface area contributed by atoms with Crippen LogP contribution < -0.4 is 10.6 Å². The van der Waals surface area contributed by atoms with Gasteiger partial charge in [-0.1, -0.05) is 18.2 Å². The van der Waals surface area contributed by atoms with E-state index in [1.807, 2.05) is 42.5 Å². The number of ether oxygens (including phenoxy) is 1. The van der Waals surface area contributed by atoms with Crippen LogP contribution in [0.5, 0.6) is 0 Å². The summed E-state index contributed by atoms with van der Waals surface area (Å²) in [5.74, 6) is 1.46. The molecule has 2 aliphatic rings. The summed E-state index contributed by atoms with van der Waals surface area (Å²) in [6.45, 7) is 1.45. The van der Waals surface area contributed by atoms with Crippen molar-refractivity contribution in [1.29, 1.82) is 0 Å². The second-order valence-electron chi connectivity index (χ2n) is 6.59. The summed E-state index contributed by atoms with van der Waals surface area (Å²) < 4.78 is 5.44. The number of benzene rings is 1. The van der Waals surface area contributed by atoms with Gasteiger partial charge in [-0.3, -0.25) is 0 Å². The van der Waals surface area contributed by atoms with Crippen molar-refractivity contribution in [3.8, 4) is 0 Å². The molecule has 24 heavy (non-hydrogen) atoms. The zero-order valence-electron chi connectivity index (χ0n) is 13.5. The highest BCUT2D eigenvalue weighted by Gasteiger charge is 2.54. The lowest BCUT2D eigenvalue weighted by atomic mass is 9.58. The van der Waals surface area contributed by atoms with E-state index in [2.05, 4.69) is 20.8 Å². The number of hydrogen-bond acceptors (Lipinski definition) is 6. The van der Waals surface area contributed by atoms with Crippen LogP contribution >= 0.6 is 0 Å². The average Bonchev–Trinajstić information content (AvgIpc) is 2.64. The third-order valence-corrected chi connectivity index (χ3v) is 5.27. The molecule has 1 aliphatic heterocycles. The molecule has 1 aromatic heterocycles. The van der Waals surface area contributed by atoms with Crippen molar-refractivity contribution in [3.63, 3.8) is 0 Å². The Bertz CT molecular complexity index is 671. The Hall–Kier alpha value is -2.18. The average molecular weight is 326 g/mol. The Morgan fingerprint density at radius 1 is 1.00 bits per heavy atom. The van der Waals surface area contributed by atoms with Gasteiger partial charge in [0.25, 0.3) is 0 Å². The van der Waals surface area contributed by atoms with Crippen LogP contribution in [0.15, 0.2) is 42.5 Å². The van der Waals surface area contributed by atoms with Crippen LogP contribution in [-0.2, 0) is 4.74 Å². The number of hydrogen-bond donors (Lipinski definition) is 3. The molecule has 0 bridgehead atoms. The molecule has 2 atom stereocenters. The van der Waals surface area contributed by atoms with Crippen molar-refractivity contribution in [3.05, 3.63) is 42.5 Å². The van der Waals surface area contributed by atoms with Gasteiger partial charge in [-0.25, -0.2) is 0 Å². The molecule has 6 nitrogen and oxygen atoms in total. The van der Waals surface area contributed by atoms with Crippen LogP contribution in [0.1, 0.15) is 19.3 Å². The van der Waals surface area contributed by atoms with Crippen molar-refractivity contribution in [2.45, 2.75) is 31.4 Å². The third-order valence-electron chi connectivity index (χ3n) is 5.27. The van der Waals surface area contributed by atoms with Gasteiger partial charge in [-0.15, -0.1) is 10.2 Å². The number of aromatic nitrogens is 2. The molecule has 0 unspecified atom stereocenters. The second kappa shape index (κ2) is 6.37. The van der Waals surface area contributed by atoms with E-state index in [-0.39, 0.29) is 17.6 Å². The van der Waals surface area contributed by atoms with Crippen molar-refractivity contribution in [2.24, 2.45) is 5.41 Å². The minimum Gasteiger partial charge on any atom is -0.392 e. The van der Waals surface area contributed by atoms with Gasteiger partial charge in [0.2, 0.25) is 0 Å². The molecule has 3 N–H and O–H groups in total. The molecule has 1 saturated heterocycles. The molecule has 6 heteroatoms. The molecule has 1 aliphatic carbocycles. The van der Waals surface area contributed by atoms with E-state index in [9.17, 15) is 5.11 Å². The Labute approximate surface area is 141 Å². The van der Waals surface area contributed by atoms with E-state index in [4.69, 9.17) is 4.74 Å². The first-order valence-corrected chi connectivity index (χ1v) is 8.44. The number of aliphatic hydroxyl groups excluding tert-OH is 1. The first kappa shape index (κ1) is 15.4. The largest absolute Gasteiger partial charge is 0.392 e. The lowest BCUT2D eigenvalue weighted by molar-refractivity contribution is -0.133. The molecule has 126 valence electrons. The first-order chi connectivity index (χ1) is 11.8. The highest BCUT2D eigenvalue weighted by atomic mass is 16.5. The van der Waals surface area contributed by atoms with Gasteiger partial charge < -0.3 is 20.5 Å². The van der Waals surface area contributed by atoms with Crippen LogP contribution in [0.3, 0.4) is 0 Å². The molecule has 2 aromatic rings. The molecule has 0 amide bonds. The molecule has 0 radical (unpaired) electrons. The fourth-order valence-corrected chi connectivity index (χ4v) is 3.72. The Morgan fingerprint density at radius 2 is 1.71 bits per heavy atom. The quantitative estimate of drug-likeness (QED) is 0.801. The van der Waals surface area contributed by atoms with Gasteiger partial charge >= 0.3 is 0 Å². The van der Waals surface area contributed by atoms with E-state index in [0.717, 1.165) is 44.0 Å². The van der Waals surface area contributed by atoms with E-state index >= 15 is 0 Å². The van der Waals surface area contributed by atoms with Crippen LogP contribution in [-0.4, -0.2) is 40.7 Å². The molecule has 1 aromatic carbocycles. The maximum absolute atomic E-state index is 10.2. The first-order valence-electron chi connectivity index (χ1n) is 8.44. The number of rotatable bonds is 4. The Balaban J connectivity index is 1.40. The number of aliphatic hydroxyl groups is 1. The van der Waals surface area contributed by atoms with Gasteiger partial charge in [-0.05, 0) is 43.5 Å². The minimum absolute atomic E-state index is 0.0686. The van der Waals surface area contributed by atoms with E-state index in [1.165, 1.54) is 0 Å². The SMILES string of the molecule is O[C@@H]1C[C@@H](Nc2ccc(Nc3ccccc3)nn2)C12CCOCC2. The van der Waals surface area contributed by atoms with E-state index < -0.39 is 0 Å². The fourth-order valence-electron chi connectivity index (χ4n) is 3.72. The summed E-state index contributed by atoms with van der Waals surface area (Å²) in [5, 5.41) is 25.4. The maximum atomic E-state index is 10.2. The summed E-state index contributed by atoms with van der Waals surface area (Å²) >= 11 is 0. The molecule has 4 rings (SSSR count). The highest BCUT2D eigenvalue weighted by Crippen LogP contribution is 2.50. The normalized spacial score (nSPS) is 25.0. The molecule has 1 saturated carbocycles. The summed E-state index contributed by atoms with van der Waals surface area (Å²) in [4.78, 5) is 0. The van der Waals surface area contributed by atoms with Gasteiger partial charge in [0, 0.05) is 30.4 Å². The smallest absolute Gasteiger partial charge is 0.153 e. The molecular weight excluding hydrogens is 304 g/mol. The van der Waals surface area contributed by atoms with Crippen LogP contribution in [0.4, 0.5) is 17.3 Å². The molecule has 2 fully saturated rings. The number of para-hydroxylation sites is 1. The number of nitrogens with zero attached hydrogens (tertiary/aromatic N) is 2. The predicted molar refractivity (Wildman–Crippen MR) is 92.3 cm³/mol. The minimum atomic E-state index is -0.245. The van der Waals surface area contributed by atoms with Crippen molar-refractivity contribution < 1.29 is 9.84 Å². The molecule has 1 spiro atoms. The zero-order chi connectivity index (χ0) is 16.4. The monoisotopic (exact) mass is 326 g/mol. The predicted octanol–water partition coefficient (Wildman–Crippen LogP) is 2.56. The lowest BCUT2D eigenvalue weighted by Gasteiger charge is -2.55. The van der Waals surface area contributed by atoms with Gasteiger partial charge in [0.15, 0.2) is 5.82 Å². The van der Waals surface area contributed by atoms with Crippen molar-refractivity contribution >= 4 is 17.3 Å². The topological polar surface area (TPSA) is 79.3 Å². The number of nitrogens with one attached hydrogen (secondary N) is 2. The highest BCUT2D eigenvalue weighted by molar-refractivity contribution is 5.56. The van der Waals surface area contributed by atoms with Crippen LogP contribution in [0, 0.1) is 5.41 Å². The summed E-state index contributed by atoms with van der Waals surface area (Å²) in [6, 6.07) is 14.0. The van der Waals surface area contributed by atoms with Gasteiger partial charge in [-0.2, -0.15) is 0 Å². The Kier molecular flexibility index (Phi) is 4.08. The Morgan fingerprint density at radius 3 is 2.38 bits per heavy atom. The lowest BCUT2D eigenvalue weighted by Crippen LogP contribution is -2.62. The number of anilines is 3. The summed E-state index contributed by atoms with van der Waals surface area (Å²) in [7, 11) is 0. The van der Waals surface area contributed by atoms with E-state index in [1.54, 1.807) is 0 Å². The zero-order valence-corrected chi connectivity index (χ0v) is 13.5. The van der Waals surface area contributed by atoms with Crippen LogP contribution in [0.2, 0.25) is 0 Å².